The van der Waals surface area contributed by atoms with Crippen molar-refractivity contribution in [3.05, 3.63) is 24.3 Å². The van der Waals surface area contributed by atoms with Crippen LogP contribution in [0.25, 0.3) is 0 Å². The second-order valence-corrected chi connectivity index (χ2v) is 25.6. The van der Waals surface area contributed by atoms with Gasteiger partial charge in [-0.25, -0.2) is 0 Å². The van der Waals surface area contributed by atoms with Gasteiger partial charge in [0.15, 0.2) is 0 Å². The summed E-state index contributed by atoms with van der Waals surface area (Å²) in [6.45, 7) is 4.96. The summed E-state index contributed by atoms with van der Waals surface area (Å²) >= 11 is 0. The van der Waals surface area contributed by atoms with Crippen LogP contribution in [0.15, 0.2) is 24.3 Å². The molecule has 0 aromatic carbocycles. The third kappa shape index (κ3) is 67.3. The van der Waals surface area contributed by atoms with E-state index in [1.165, 1.54) is 340 Å². The van der Waals surface area contributed by atoms with Crippen LogP contribution >= 0.6 is 0 Å². The van der Waals surface area contributed by atoms with Crippen molar-refractivity contribution in [3.8, 4) is 0 Å². The summed E-state index contributed by atoms with van der Waals surface area (Å²) in [6.07, 6.45) is 89.6. The van der Waals surface area contributed by atoms with Crippen molar-refractivity contribution in [2.24, 2.45) is 0 Å². The Morgan fingerprint density at radius 3 is 0.914 bits per heavy atom. The number of unbranched alkanes of at least 4 members (excludes halogenated alkanes) is 55. The van der Waals surface area contributed by atoms with E-state index >= 15 is 0 Å². The van der Waals surface area contributed by atoms with E-state index in [2.05, 4.69) is 43.5 Å². The minimum Gasteiger partial charge on any atom is -0.466 e. The number of aliphatic hydroxyl groups excluding tert-OH is 2. The summed E-state index contributed by atoms with van der Waals surface area (Å²) in [6, 6.07) is -0.543. The van der Waals surface area contributed by atoms with Gasteiger partial charge in [0.1, 0.15) is 0 Å². The summed E-state index contributed by atoms with van der Waals surface area (Å²) in [5.41, 5.74) is 0. The minimum absolute atomic E-state index is 0.00550. The molecule has 0 fully saturated rings. The van der Waals surface area contributed by atoms with E-state index in [1.807, 2.05) is 0 Å². The molecule has 1 amide bonds. The number of rotatable bonds is 70. The lowest BCUT2D eigenvalue weighted by molar-refractivity contribution is -0.143. The van der Waals surface area contributed by atoms with Crippen LogP contribution in [0.4, 0.5) is 0 Å². The number of allylic oxidation sites excluding steroid dienone is 4. The van der Waals surface area contributed by atoms with Crippen LogP contribution in [0.2, 0.25) is 0 Å². The molecule has 0 aliphatic rings. The average molecular weight is 1140 g/mol. The topological polar surface area (TPSA) is 95.9 Å². The number of hydrogen-bond donors (Lipinski definition) is 3. The van der Waals surface area contributed by atoms with Gasteiger partial charge in [-0.1, -0.05) is 359 Å². The van der Waals surface area contributed by atoms with E-state index < -0.39 is 12.1 Å². The molecule has 0 rings (SSSR count). The zero-order valence-electron chi connectivity index (χ0n) is 55.0. The van der Waals surface area contributed by atoms with Crippen molar-refractivity contribution in [2.75, 3.05) is 13.2 Å². The number of hydrogen-bond acceptors (Lipinski definition) is 5. The number of carbonyl (C=O) groups excluding carboxylic acids is 2. The molecular weight excluding hydrogens is 995 g/mol. The van der Waals surface area contributed by atoms with Gasteiger partial charge in [0.25, 0.3) is 0 Å². The van der Waals surface area contributed by atoms with Gasteiger partial charge in [0.2, 0.25) is 5.91 Å². The van der Waals surface area contributed by atoms with Crippen molar-refractivity contribution in [1.82, 2.24) is 5.32 Å². The summed E-state index contributed by atoms with van der Waals surface area (Å²) in [5, 5.41) is 23.5. The molecule has 2 atom stereocenters. The van der Waals surface area contributed by atoms with Crippen molar-refractivity contribution in [1.29, 1.82) is 0 Å². The van der Waals surface area contributed by atoms with Crippen molar-refractivity contribution < 1.29 is 24.5 Å². The van der Waals surface area contributed by atoms with Gasteiger partial charge in [-0.2, -0.15) is 0 Å². The first kappa shape index (κ1) is 79.3. The third-order valence-electron chi connectivity index (χ3n) is 17.5. The fourth-order valence-corrected chi connectivity index (χ4v) is 11.8. The van der Waals surface area contributed by atoms with Crippen molar-refractivity contribution >= 4 is 11.9 Å². The highest BCUT2D eigenvalue weighted by atomic mass is 16.5. The number of amides is 1. The first-order chi connectivity index (χ1) is 40.0. The second-order valence-electron chi connectivity index (χ2n) is 25.6. The van der Waals surface area contributed by atoms with Crippen LogP contribution in [0.5, 0.6) is 0 Å². The Bertz CT molecular complexity index is 1270. The Hall–Kier alpha value is -1.66. The standard InChI is InChI=1S/C75H145NO5/c1-3-5-7-9-11-13-15-16-17-18-19-20-21-26-29-32-35-38-41-44-48-51-55-59-63-67-73(78)72(71-77)76-74(79)68-64-60-56-52-49-45-42-39-36-33-30-27-24-22-23-25-28-31-34-37-40-43-46-50-54-58-62-66-70-81-75(80)69-65-61-57-53-47-14-12-10-8-6-4-2/h10,12,22-23,72-73,77-78H,3-9,11,13-21,24-71H2,1-2H3,(H,76,79)/b12-10-,23-22-. The lowest BCUT2D eigenvalue weighted by atomic mass is 10.0. The summed E-state index contributed by atoms with van der Waals surface area (Å²) in [5.74, 6) is -0.0241. The van der Waals surface area contributed by atoms with Crippen LogP contribution in [-0.2, 0) is 14.3 Å². The smallest absolute Gasteiger partial charge is 0.305 e. The van der Waals surface area contributed by atoms with E-state index in [1.54, 1.807) is 0 Å². The van der Waals surface area contributed by atoms with E-state index in [-0.39, 0.29) is 18.5 Å². The number of carbonyl (C=O) groups is 2. The molecule has 0 spiro atoms. The first-order valence-electron chi connectivity index (χ1n) is 37.1. The van der Waals surface area contributed by atoms with Crippen LogP contribution < -0.4 is 5.32 Å². The Balaban J connectivity index is 3.38. The molecule has 0 aromatic rings. The summed E-state index contributed by atoms with van der Waals surface area (Å²) in [4.78, 5) is 24.6. The maximum Gasteiger partial charge on any atom is 0.305 e. The van der Waals surface area contributed by atoms with E-state index in [0.29, 0.717) is 25.9 Å². The molecule has 3 N–H and O–H groups in total. The molecule has 480 valence electrons. The Morgan fingerprint density at radius 1 is 0.333 bits per heavy atom. The van der Waals surface area contributed by atoms with Crippen LogP contribution in [0, 0.1) is 0 Å². The molecule has 81 heavy (non-hydrogen) atoms. The fraction of sp³-hybridized carbons (Fsp3) is 0.920. The van der Waals surface area contributed by atoms with Crippen molar-refractivity contribution in [2.45, 2.75) is 431 Å². The lowest BCUT2D eigenvalue weighted by Crippen LogP contribution is -2.45. The highest BCUT2D eigenvalue weighted by Gasteiger charge is 2.20. The van der Waals surface area contributed by atoms with Gasteiger partial charge in [0.05, 0.1) is 25.4 Å². The second kappa shape index (κ2) is 70.8. The molecular formula is C75H145NO5. The van der Waals surface area contributed by atoms with Gasteiger partial charge in [-0.3, -0.25) is 9.59 Å². The zero-order valence-corrected chi connectivity index (χ0v) is 55.0. The molecule has 0 aromatic heterocycles. The van der Waals surface area contributed by atoms with Crippen LogP contribution in [-0.4, -0.2) is 47.4 Å². The quantitative estimate of drug-likeness (QED) is 0.0320. The van der Waals surface area contributed by atoms with Crippen LogP contribution in [0.3, 0.4) is 0 Å². The molecule has 6 nitrogen and oxygen atoms in total. The molecule has 0 heterocycles. The number of ether oxygens (including phenoxy) is 1. The molecule has 0 saturated carbocycles. The SMILES string of the molecule is CCCC/C=C\CCCCCCCC(=O)OCCCCCCCCCCCCCC/C=C\CCCCCCCCCCCCCCC(=O)NC(CO)C(O)CCCCCCCCCCCCCCCCCCCCCCCCCCC. The molecule has 0 radical (unpaired) electrons. The van der Waals surface area contributed by atoms with Gasteiger partial charge >= 0.3 is 5.97 Å². The Kier molecular flexibility index (Phi) is 69.4. The highest BCUT2D eigenvalue weighted by molar-refractivity contribution is 5.76. The molecule has 0 bridgehead atoms. The monoisotopic (exact) mass is 1140 g/mol. The maximum atomic E-state index is 12.6. The van der Waals surface area contributed by atoms with Gasteiger partial charge in [-0.15, -0.1) is 0 Å². The molecule has 0 aliphatic heterocycles. The predicted molar refractivity (Wildman–Crippen MR) is 356 cm³/mol. The Morgan fingerprint density at radius 2 is 0.593 bits per heavy atom. The number of aliphatic hydroxyl groups is 2. The Labute approximate surface area is 507 Å². The fourth-order valence-electron chi connectivity index (χ4n) is 11.8. The van der Waals surface area contributed by atoms with Gasteiger partial charge in [-0.05, 0) is 70.6 Å². The minimum atomic E-state index is -0.666. The van der Waals surface area contributed by atoms with Crippen LogP contribution in [0.1, 0.15) is 418 Å². The van der Waals surface area contributed by atoms with E-state index in [4.69, 9.17) is 4.74 Å². The largest absolute Gasteiger partial charge is 0.466 e. The van der Waals surface area contributed by atoms with E-state index in [9.17, 15) is 19.8 Å². The molecule has 6 heteroatoms. The number of nitrogens with one attached hydrogen (secondary N) is 1. The molecule has 0 aliphatic carbocycles. The first-order valence-corrected chi connectivity index (χ1v) is 37.1. The van der Waals surface area contributed by atoms with Gasteiger partial charge < -0.3 is 20.3 Å². The van der Waals surface area contributed by atoms with Gasteiger partial charge in [0, 0.05) is 12.8 Å². The zero-order chi connectivity index (χ0) is 58.5. The highest BCUT2D eigenvalue weighted by Crippen LogP contribution is 2.19. The third-order valence-corrected chi connectivity index (χ3v) is 17.5. The molecule has 0 saturated heterocycles. The summed E-state index contributed by atoms with van der Waals surface area (Å²) in [7, 11) is 0. The van der Waals surface area contributed by atoms with E-state index in [0.717, 1.165) is 44.9 Å². The van der Waals surface area contributed by atoms with Crippen molar-refractivity contribution in [3.63, 3.8) is 0 Å². The summed E-state index contributed by atoms with van der Waals surface area (Å²) < 4.78 is 5.47. The maximum absolute atomic E-state index is 12.6. The predicted octanol–water partition coefficient (Wildman–Crippen LogP) is 24.1. The normalized spacial score (nSPS) is 12.6. The molecule has 2 unspecified atom stereocenters. The average Bonchev–Trinajstić information content (AvgIpc) is 3.47. The number of esters is 1. The lowest BCUT2D eigenvalue weighted by Gasteiger charge is -2.22.